The van der Waals surface area contributed by atoms with Gasteiger partial charge < -0.3 is 0 Å². The quantitative estimate of drug-likeness (QED) is 0.710. The Labute approximate surface area is 107 Å². The second-order valence-electron chi connectivity index (χ2n) is 3.59. The van der Waals surface area contributed by atoms with Crippen LogP contribution in [-0.2, 0) is 6.42 Å². The first-order chi connectivity index (χ1) is 8.31. The largest absolute Gasteiger partial charge is 0.260 e. The van der Waals surface area contributed by atoms with Crippen LogP contribution in [0, 0.1) is 0 Å². The van der Waals surface area contributed by atoms with Crippen molar-refractivity contribution in [2.75, 3.05) is 0 Å². The Morgan fingerprint density at radius 2 is 2.00 bits per heavy atom. The van der Waals surface area contributed by atoms with Crippen molar-refractivity contribution in [2.45, 2.75) is 6.42 Å². The van der Waals surface area contributed by atoms with Gasteiger partial charge in [0.1, 0.15) is 5.15 Å². The number of fused-ring (bicyclic) bond motifs is 1. The fraction of sp³-hybridized carbons (Fsp3) is 0.0833. The number of hydrogen-bond acceptors (Lipinski definition) is 4. The second kappa shape index (κ2) is 4.39. The van der Waals surface area contributed by atoms with E-state index in [9.17, 15) is 0 Å². The molecule has 3 rings (SSSR count). The zero-order valence-corrected chi connectivity index (χ0v) is 10.4. The molecule has 0 atom stereocenters. The fourth-order valence-corrected chi connectivity index (χ4v) is 2.76. The Morgan fingerprint density at radius 3 is 2.82 bits per heavy atom. The molecular weight excluding hydrogens is 254 g/mol. The molecule has 0 fully saturated rings. The summed E-state index contributed by atoms with van der Waals surface area (Å²) in [4.78, 5) is 12.8. The summed E-state index contributed by atoms with van der Waals surface area (Å²) in [5.74, 6) is 0. The maximum Gasteiger partial charge on any atom is 0.147 e. The van der Waals surface area contributed by atoms with E-state index >= 15 is 0 Å². The second-order valence-corrected chi connectivity index (χ2v) is 5.09. The first-order valence-electron chi connectivity index (χ1n) is 5.12. The van der Waals surface area contributed by atoms with E-state index in [2.05, 4.69) is 21.0 Å². The van der Waals surface area contributed by atoms with Gasteiger partial charge in [-0.1, -0.05) is 23.7 Å². The van der Waals surface area contributed by atoms with Crippen LogP contribution < -0.4 is 0 Å². The van der Waals surface area contributed by atoms with Crippen LogP contribution in [0.15, 0.2) is 36.7 Å². The highest BCUT2D eigenvalue weighted by Crippen LogP contribution is 2.23. The summed E-state index contributed by atoms with van der Waals surface area (Å²) >= 11 is 7.48. The molecule has 84 valence electrons. The molecule has 0 saturated carbocycles. The van der Waals surface area contributed by atoms with Gasteiger partial charge in [0.2, 0.25) is 0 Å². The Balaban J connectivity index is 1.94. The lowest BCUT2D eigenvalue weighted by atomic mass is 10.3. The van der Waals surface area contributed by atoms with E-state index in [0.29, 0.717) is 11.6 Å². The zero-order chi connectivity index (χ0) is 11.7. The van der Waals surface area contributed by atoms with E-state index in [0.717, 1.165) is 16.2 Å². The number of thiazole rings is 1. The summed E-state index contributed by atoms with van der Waals surface area (Å²) in [7, 11) is 0. The topological polar surface area (TPSA) is 38.7 Å². The van der Waals surface area contributed by atoms with Crippen molar-refractivity contribution in [3.63, 3.8) is 0 Å². The van der Waals surface area contributed by atoms with Gasteiger partial charge in [0, 0.05) is 12.6 Å². The van der Waals surface area contributed by atoms with Gasteiger partial charge >= 0.3 is 0 Å². The lowest BCUT2D eigenvalue weighted by Gasteiger charge is -1.96. The number of benzene rings is 1. The van der Waals surface area contributed by atoms with Crippen molar-refractivity contribution in [3.05, 3.63) is 52.5 Å². The Hall–Kier alpha value is -1.52. The van der Waals surface area contributed by atoms with Gasteiger partial charge in [0.05, 0.1) is 27.1 Å². The number of para-hydroxylation sites is 1. The number of nitrogens with zero attached hydrogens (tertiary/aromatic N) is 3. The molecule has 0 aliphatic rings. The van der Waals surface area contributed by atoms with E-state index in [1.54, 1.807) is 17.5 Å². The predicted octanol–water partition coefficient (Wildman–Crippen LogP) is 3.33. The molecule has 0 radical (unpaired) electrons. The van der Waals surface area contributed by atoms with Gasteiger partial charge in [-0.2, -0.15) is 0 Å². The zero-order valence-electron chi connectivity index (χ0n) is 8.80. The first kappa shape index (κ1) is 10.6. The molecular formula is C12H8ClN3S. The molecule has 2 aromatic heterocycles. The number of halogens is 1. The molecule has 0 bridgehead atoms. The summed E-state index contributed by atoms with van der Waals surface area (Å²) in [6.45, 7) is 0. The SMILES string of the molecule is Clc1cncc(Cc2nc3ccccc3s2)n1. The summed E-state index contributed by atoms with van der Waals surface area (Å²) in [6.07, 6.45) is 3.92. The van der Waals surface area contributed by atoms with E-state index in [-0.39, 0.29) is 0 Å². The highest BCUT2D eigenvalue weighted by molar-refractivity contribution is 7.18. The van der Waals surface area contributed by atoms with Gasteiger partial charge in [0.15, 0.2) is 0 Å². The van der Waals surface area contributed by atoms with Crippen LogP contribution in [0.2, 0.25) is 5.15 Å². The summed E-state index contributed by atoms with van der Waals surface area (Å²) in [6, 6.07) is 8.09. The lowest BCUT2D eigenvalue weighted by Crippen LogP contribution is -1.92. The van der Waals surface area contributed by atoms with Crippen LogP contribution in [0.5, 0.6) is 0 Å². The highest BCUT2D eigenvalue weighted by Gasteiger charge is 2.05. The number of hydrogen-bond donors (Lipinski definition) is 0. The predicted molar refractivity (Wildman–Crippen MR) is 69.5 cm³/mol. The maximum absolute atomic E-state index is 5.80. The molecule has 2 heterocycles. The standard InChI is InChI=1S/C12H8ClN3S/c13-11-7-14-6-8(15-11)5-12-16-9-3-1-2-4-10(9)17-12/h1-4,6-7H,5H2. The molecule has 0 aliphatic carbocycles. The number of rotatable bonds is 2. The molecule has 0 amide bonds. The van der Waals surface area contributed by atoms with Crippen LogP contribution in [0.25, 0.3) is 10.2 Å². The summed E-state index contributed by atoms with van der Waals surface area (Å²) in [5.41, 5.74) is 1.87. The van der Waals surface area contributed by atoms with E-state index in [1.807, 2.05) is 18.2 Å². The van der Waals surface area contributed by atoms with Crippen LogP contribution in [0.3, 0.4) is 0 Å². The Kier molecular flexibility index (Phi) is 2.74. The molecule has 5 heteroatoms. The van der Waals surface area contributed by atoms with Crippen molar-refractivity contribution < 1.29 is 0 Å². The van der Waals surface area contributed by atoms with Crippen LogP contribution >= 0.6 is 22.9 Å². The maximum atomic E-state index is 5.80. The van der Waals surface area contributed by atoms with Gasteiger partial charge in [-0.3, -0.25) is 4.98 Å². The van der Waals surface area contributed by atoms with Gasteiger partial charge in [0.25, 0.3) is 0 Å². The molecule has 1 aromatic carbocycles. The normalized spacial score (nSPS) is 10.9. The van der Waals surface area contributed by atoms with E-state index in [1.165, 1.54) is 10.9 Å². The summed E-state index contributed by atoms with van der Waals surface area (Å²) < 4.78 is 1.19. The average Bonchev–Trinajstić information content (AvgIpc) is 2.71. The third-order valence-corrected chi connectivity index (χ3v) is 3.54. The number of aromatic nitrogens is 3. The first-order valence-corrected chi connectivity index (χ1v) is 6.31. The summed E-state index contributed by atoms with van der Waals surface area (Å²) in [5, 5.41) is 1.45. The Morgan fingerprint density at radius 1 is 1.12 bits per heavy atom. The molecule has 0 aliphatic heterocycles. The van der Waals surface area contributed by atoms with E-state index in [4.69, 9.17) is 11.6 Å². The van der Waals surface area contributed by atoms with Crippen molar-refractivity contribution in [1.29, 1.82) is 0 Å². The fourth-order valence-electron chi connectivity index (χ4n) is 1.62. The van der Waals surface area contributed by atoms with Gasteiger partial charge in [-0.25, -0.2) is 9.97 Å². The minimum Gasteiger partial charge on any atom is -0.260 e. The molecule has 17 heavy (non-hydrogen) atoms. The molecule has 3 nitrogen and oxygen atoms in total. The van der Waals surface area contributed by atoms with Crippen LogP contribution in [0.4, 0.5) is 0 Å². The van der Waals surface area contributed by atoms with Crippen LogP contribution in [0.1, 0.15) is 10.7 Å². The lowest BCUT2D eigenvalue weighted by molar-refractivity contribution is 1.02. The Bertz CT molecular complexity index is 632. The van der Waals surface area contributed by atoms with Gasteiger partial charge in [-0.05, 0) is 12.1 Å². The molecule has 3 aromatic rings. The monoisotopic (exact) mass is 261 g/mol. The van der Waals surface area contributed by atoms with Crippen molar-refractivity contribution >= 4 is 33.2 Å². The third kappa shape index (κ3) is 2.28. The molecule has 0 N–H and O–H groups in total. The van der Waals surface area contributed by atoms with Crippen molar-refractivity contribution in [3.8, 4) is 0 Å². The highest BCUT2D eigenvalue weighted by atomic mass is 35.5. The van der Waals surface area contributed by atoms with Crippen molar-refractivity contribution in [1.82, 2.24) is 15.0 Å². The van der Waals surface area contributed by atoms with Crippen molar-refractivity contribution in [2.24, 2.45) is 0 Å². The van der Waals surface area contributed by atoms with Gasteiger partial charge in [-0.15, -0.1) is 11.3 Å². The average molecular weight is 262 g/mol. The minimum absolute atomic E-state index is 0.420. The van der Waals surface area contributed by atoms with Crippen LogP contribution in [-0.4, -0.2) is 15.0 Å². The smallest absolute Gasteiger partial charge is 0.147 e. The minimum atomic E-state index is 0.420. The third-order valence-electron chi connectivity index (χ3n) is 2.33. The molecule has 0 saturated heterocycles. The molecule has 0 spiro atoms. The molecule has 0 unspecified atom stereocenters. The van der Waals surface area contributed by atoms with E-state index < -0.39 is 0 Å².